The number of nitrogens with zero attached hydrogens (tertiary/aromatic N) is 1. The predicted molar refractivity (Wildman–Crippen MR) is 72.3 cm³/mol. The Morgan fingerprint density at radius 3 is 2.53 bits per heavy atom. The molecule has 0 amide bonds. The summed E-state index contributed by atoms with van der Waals surface area (Å²) in [5.41, 5.74) is 6.56. The quantitative estimate of drug-likeness (QED) is 0.836. The minimum Gasteiger partial charge on any atom is -0.320 e. The Hall–Kier alpha value is -0.630. The first-order valence-electron chi connectivity index (χ1n) is 5.02. The van der Waals surface area contributed by atoms with Crippen LogP contribution in [0.1, 0.15) is 21.5 Å². The molecule has 0 bridgehead atoms. The van der Waals surface area contributed by atoms with Crippen molar-refractivity contribution in [2.45, 2.75) is 12.2 Å². The minimum absolute atomic E-state index is 0.335. The van der Waals surface area contributed by atoms with Crippen molar-refractivity contribution in [2.24, 2.45) is 5.73 Å². The van der Waals surface area contributed by atoms with Gasteiger partial charge in [-0.1, -0.05) is 27.5 Å². The van der Waals surface area contributed by atoms with E-state index in [4.69, 9.17) is 17.3 Å². The van der Waals surface area contributed by atoms with Gasteiger partial charge in [0.15, 0.2) is 5.01 Å². The van der Waals surface area contributed by atoms with Crippen LogP contribution in [0.25, 0.3) is 0 Å². The molecule has 0 aliphatic rings. The van der Waals surface area contributed by atoms with Crippen LogP contribution < -0.4 is 5.73 Å². The molecule has 1 aromatic carbocycles. The van der Waals surface area contributed by atoms with Gasteiger partial charge in [-0.3, -0.25) is 0 Å². The van der Waals surface area contributed by atoms with Crippen LogP contribution in [0.15, 0.2) is 28.9 Å². The highest BCUT2D eigenvalue weighted by Gasteiger charge is 2.35. The molecule has 0 fully saturated rings. The molecule has 0 aliphatic heterocycles. The Labute approximate surface area is 124 Å². The molecule has 8 heteroatoms. The van der Waals surface area contributed by atoms with Crippen molar-refractivity contribution < 1.29 is 13.2 Å². The molecule has 0 spiro atoms. The SMILES string of the molecule is NC(c1cc(Cl)cc(Br)c1)c1cnc(C(F)(F)F)s1. The number of hydrogen-bond donors (Lipinski definition) is 1. The lowest BCUT2D eigenvalue weighted by Crippen LogP contribution is -2.10. The van der Waals surface area contributed by atoms with E-state index in [1.807, 2.05) is 0 Å². The maximum Gasteiger partial charge on any atom is 0.443 e. The first-order chi connectivity index (χ1) is 8.77. The summed E-state index contributed by atoms with van der Waals surface area (Å²) >= 11 is 9.68. The number of alkyl halides is 3. The Morgan fingerprint density at radius 1 is 1.32 bits per heavy atom. The monoisotopic (exact) mass is 370 g/mol. The van der Waals surface area contributed by atoms with E-state index in [-0.39, 0.29) is 0 Å². The molecule has 0 aliphatic carbocycles. The summed E-state index contributed by atoms with van der Waals surface area (Å²) in [6.07, 6.45) is -3.30. The molecule has 2 N–H and O–H groups in total. The molecule has 1 atom stereocenters. The molecule has 0 saturated carbocycles. The fourth-order valence-electron chi connectivity index (χ4n) is 1.48. The first kappa shape index (κ1) is 14.8. The van der Waals surface area contributed by atoms with Crippen LogP contribution in [0.2, 0.25) is 5.02 Å². The number of aromatic nitrogens is 1. The zero-order valence-corrected chi connectivity index (χ0v) is 12.4. The maximum atomic E-state index is 12.5. The zero-order chi connectivity index (χ0) is 14.2. The topological polar surface area (TPSA) is 38.9 Å². The van der Waals surface area contributed by atoms with E-state index in [0.29, 0.717) is 31.3 Å². The van der Waals surface area contributed by atoms with Crippen LogP contribution in [-0.2, 0) is 6.18 Å². The van der Waals surface area contributed by atoms with Crippen LogP contribution in [0.4, 0.5) is 13.2 Å². The molecule has 2 nitrogen and oxygen atoms in total. The van der Waals surface area contributed by atoms with Crippen molar-refractivity contribution in [1.82, 2.24) is 4.98 Å². The van der Waals surface area contributed by atoms with Gasteiger partial charge in [0.2, 0.25) is 0 Å². The number of benzene rings is 1. The largest absolute Gasteiger partial charge is 0.443 e. The van der Waals surface area contributed by atoms with Crippen molar-refractivity contribution in [1.29, 1.82) is 0 Å². The number of thiazole rings is 1. The molecule has 1 aromatic heterocycles. The van der Waals surface area contributed by atoms with E-state index in [1.165, 1.54) is 0 Å². The van der Waals surface area contributed by atoms with Gasteiger partial charge in [-0.2, -0.15) is 13.2 Å². The van der Waals surface area contributed by atoms with E-state index in [2.05, 4.69) is 20.9 Å². The smallest absolute Gasteiger partial charge is 0.320 e. The van der Waals surface area contributed by atoms with Crippen LogP contribution >= 0.6 is 38.9 Å². The molecule has 1 heterocycles. The van der Waals surface area contributed by atoms with Crippen molar-refractivity contribution in [2.75, 3.05) is 0 Å². The lowest BCUT2D eigenvalue weighted by atomic mass is 10.1. The summed E-state index contributed by atoms with van der Waals surface area (Å²) in [4.78, 5) is 3.68. The summed E-state index contributed by atoms with van der Waals surface area (Å²) in [5.74, 6) is 0. The van der Waals surface area contributed by atoms with Crippen molar-refractivity contribution >= 4 is 38.9 Å². The van der Waals surface area contributed by atoms with Crippen molar-refractivity contribution in [3.8, 4) is 0 Å². The summed E-state index contributed by atoms with van der Waals surface area (Å²) in [5, 5.41) is -0.445. The second-order valence-electron chi connectivity index (χ2n) is 3.75. The van der Waals surface area contributed by atoms with Gasteiger partial charge in [0.05, 0.1) is 6.04 Å². The van der Waals surface area contributed by atoms with Crippen LogP contribution in [0, 0.1) is 0 Å². The van der Waals surface area contributed by atoms with Gasteiger partial charge >= 0.3 is 6.18 Å². The molecule has 0 saturated heterocycles. The second kappa shape index (κ2) is 5.40. The molecule has 2 aromatic rings. The highest BCUT2D eigenvalue weighted by atomic mass is 79.9. The normalized spacial score (nSPS) is 13.6. The molecule has 1 unspecified atom stereocenters. The minimum atomic E-state index is -4.45. The predicted octanol–water partition coefficient (Wildman–Crippen LogP) is 4.63. The summed E-state index contributed by atoms with van der Waals surface area (Å²) in [7, 11) is 0. The van der Waals surface area contributed by atoms with Crippen molar-refractivity contribution in [3.63, 3.8) is 0 Å². The second-order valence-corrected chi connectivity index (χ2v) is 6.16. The third-order valence-electron chi connectivity index (χ3n) is 2.32. The van der Waals surface area contributed by atoms with Gasteiger partial charge < -0.3 is 5.73 Å². The Balaban J connectivity index is 2.33. The number of nitrogens with two attached hydrogens (primary N) is 1. The van der Waals surface area contributed by atoms with Gasteiger partial charge in [-0.25, -0.2) is 4.98 Å². The van der Waals surface area contributed by atoms with Gasteiger partial charge in [-0.15, -0.1) is 11.3 Å². The maximum absolute atomic E-state index is 12.5. The zero-order valence-electron chi connectivity index (χ0n) is 9.21. The van der Waals surface area contributed by atoms with E-state index < -0.39 is 17.2 Å². The number of hydrogen-bond acceptors (Lipinski definition) is 3. The summed E-state index contributed by atoms with van der Waals surface area (Å²) in [6, 6.07) is 4.31. The van der Waals surface area contributed by atoms with Gasteiger partial charge in [0.1, 0.15) is 0 Å². The number of halogens is 5. The number of rotatable bonds is 2. The van der Waals surface area contributed by atoms with E-state index in [9.17, 15) is 13.2 Å². The molecule has 102 valence electrons. The van der Waals surface area contributed by atoms with Gasteiger partial charge in [-0.05, 0) is 23.8 Å². The Bertz CT molecular complexity index is 580. The molecular formula is C11H7BrClF3N2S. The average Bonchev–Trinajstić information content (AvgIpc) is 2.75. The first-order valence-corrected chi connectivity index (χ1v) is 7.00. The van der Waals surface area contributed by atoms with Crippen molar-refractivity contribution in [3.05, 3.63) is 49.3 Å². The Morgan fingerprint density at radius 2 is 2.00 bits per heavy atom. The molecular weight excluding hydrogens is 365 g/mol. The van der Waals surface area contributed by atoms with E-state index in [0.717, 1.165) is 6.20 Å². The van der Waals surface area contributed by atoms with Crippen LogP contribution in [-0.4, -0.2) is 4.98 Å². The van der Waals surface area contributed by atoms with Gasteiger partial charge in [0.25, 0.3) is 0 Å². The molecule has 2 rings (SSSR count). The Kier molecular flexibility index (Phi) is 4.20. The lowest BCUT2D eigenvalue weighted by molar-refractivity contribution is -0.137. The van der Waals surface area contributed by atoms with Crippen LogP contribution in [0.5, 0.6) is 0 Å². The standard InChI is InChI=1S/C11H7BrClF3N2S/c12-6-1-5(2-7(13)3-6)9(17)8-4-18-10(19-8)11(14,15)16/h1-4,9H,17H2. The highest BCUT2D eigenvalue weighted by Crippen LogP contribution is 2.36. The lowest BCUT2D eigenvalue weighted by Gasteiger charge is -2.10. The molecule has 0 radical (unpaired) electrons. The van der Waals surface area contributed by atoms with E-state index >= 15 is 0 Å². The highest BCUT2D eigenvalue weighted by molar-refractivity contribution is 9.10. The average molecular weight is 372 g/mol. The van der Waals surface area contributed by atoms with E-state index in [1.54, 1.807) is 18.2 Å². The fraction of sp³-hybridized carbons (Fsp3) is 0.182. The van der Waals surface area contributed by atoms with Gasteiger partial charge in [0, 0.05) is 20.6 Å². The third kappa shape index (κ3) is 3.47. The fourth-order valence-corrected chi connectivity index (χ4v) is 3.18. The molecule has 19 heavy (non-hydrogen) atoms. The summed E-state index contributed by atoms with van der Waals surface area (Å²) in [6.45, 7) is 0. The third-order valence-corrected chi connectivity index (χ3v) is 4.12. The van der Waals surface area contributed by atoms with Crippen LogP contribution in [0.3, 0.4) is 0 Å². The summed E-state index contributed by atoms with van der Waals surface area (Å²) < 4.78 is 38.1.